The first-order valence-electron chi connectivity index (χ1n) is 8.23. The summed E-state index contributed by atoms with van der Waals surface area (Å²) in [5, 5.41) is 5.44. The van der Waals surface area contributed by atoms with Crippen molar-refractivity contribution < 1.29 is 14.0 Å². The molecule has 0 heterocycles. The van der Waals surface area contributed by atoms with Gasteiger partial charge in [-0.15, -0.1) is 0 Å². The van der Waals surface area contributed by atoms with Gasteiger partial charge in [0.05, 0.1) is 0 Å². The van der Waals surface area contributed by atoms with Crippen LogP contribution in [0.2, 0.25) is 0 Å². The summed E-state index contributed by atoms with van der Waals surface area (Å²) in [6, 6.07) is 11.0. The number of carbonyl (C=O) groups is 2. The number of anilines is 1. The second-order valence-corrected chi connectivity index (χ2v) is 6.46. The van der Waals surface area contributed by atoms with E-state index in [2.05, 4.69) is 10.6 Å². The Hall–Kier alpha value is -2.69. The van der Waals surface area contributed by atoms with Crippen molar-refractivity contribution in [3.63, 3.8) is 0 Å². The lowest BCUT2D eigenvalue weighted by atomic mass is 10.0. The normalized spacial score (nSPS) is 11.9. The minimum Gasteiger partial charge on any atom is -0.340 e. The van der Waals surface area contributed by atoms with Crippen LogP contribution in [0.3, 0.4) is 0 Å². The number of rotatable bonds is 5. The fraction of sp³-hybridized carbons (Fsp3) is 0.300. The molecule has 0 aliphatic carbocycles. The van der Waals surface area contributed by atoms with Crippen LogP contribution >= 0.6 is 0 Å². The Morgan fingerprint density at radius 3 is 2.28 bits per heavy atom. The molecule has 0 saturated carbocycles. The van der Waals surface area contributed by atoms with Crippen LogP contribution < -0.4 is 10.6 Å². The molecule has 0 spiro atoms. The van der Waals surface area contributed by atoms with Crippen LogP contribution in [0.1, 0.15) is 35.3 Å². The molecule has 0 saturated heterocycles. The van der Waals surface area contributed by atoms with Crippen LogP contribution in [-0.2, 0) is 4.79 Å². The van der Waals surface area contributed by atoms with E-state index in [9.17, 15) is 14.0 Å². The van der Waals surface area contributed by atoms with E-state index in [1.54, 1.807) is 31.2 Å². The molecule has 0 aliphatic heterocycles. The highest BCUT2D eigenvalue weighted by Crippen LogP contribution is 2.15. The fourth-order valence-corrected chi connectivity index (χ4v) is 2.47. The monoisotopic (exact) mass is 342 g/mol. The smallest absolute Gasteiger partial charge is 0.252 e. The molecule has 0 unspecified atom stereocenters. The van der Waals surface area contributed by atoms with Gasteiger partial charge in [0.2, 0.25) is 5.91 Å². The van der Waals surface area contributed by atoms with E-state index in [0.717, 1.165) is 5.56 Å². The Labute approximate surface area is 147 Å². The molecule has 132 valence electrons. The van der Waals surface area contributed by atoms with Gasteiger partial charge in [0.15, 0.2) is 0 Å². The van der Waals surface area contributed by atoms with Crippen molar-refractivity contribution in [2.45, 2.75) is 33.7 Å². The van der Waals surface area contributed by atoms with E-state index in [-0.39, 0.29) is 23.5 Å². The van der Waals surface area contributed by atoms with Crippen molar-refractivity contribution in [3.8, 4) is 0 Å². The molecule has 2 rings (SSSR count). The maximum Gasteiger partial charge on any atom is 0.252 e. The van der Waals surface area contributed by atoms with Crippen molar-refractivity contribution in [2.24, 2.45) is 5.92 Å². The Bertz CT molecular complexity index is 787. The summed E-state index contributed by atoms with van der Waals surface area (Å²) in [5.41, 5.74) is 2.24. The van der Waals surface area contributed by atoms with E-state index in [1.165, 1.54) is 6.07 Å². The number of carbonyl (C=O) groups excluding carboxylic acids is 2. The predicted octanol–water partition coefficient (Wildman–Crippen LogP) is 3.84. The molecular formula is C20H23FN2O2. The van der Waals surface area contributed by atoms with Gasteiger partial charge in [-0.1, -0.05) is 38.1 Å². The molecule has 0 aliphatic rings. The largest absolute Gasteiger partial charge is 0.340 e. The summed E-state index contributed by atoms with van der Waals surface area (Å²) >= 11 is 0. The number of hydrogen-bond acceptors (Lipinski definition) is 2. The van der Waals surface area contributed by atoms with Crippen molar-refractivity contribution in [2.75, 3.05) is 5.32 Å². The predicted molar refractivity (Wildman–Crippen MR) is 97.0 cm³/mol. The Morgan fingerprint density at radius 2 is 1.68 bits per heavy atom. The van der Waals surface area contributed by atoms with E-state index < -0.39 is 6.04 Å². The summed E-state index contributed by atoms with van der Waals surface area (Å²) in [6.07, 6.45) is 0. The number of aryl methyl sites for hydroxylation is 2. The Morgan fingerprint density at radius 1 is 1.00 bits per heavy atom. The molecule has 2 amide bonds. The number of benzene rings is 2. The topological polar surface area (TPSA) is 58.2 Å². The zero-order valence-electron chi connectivity index (χ0n) is 14.9. The molecule has 25 heavy (non-hydrogen) atoms. The van der Waals surface area contributed by atoms with Gasteiger partial charge in [-0.05, 0) is 49.1 Å². The fourth-order valence-electron chi connectivity index (χ4n) is 2.47. The highest BCUT2D eigenvalue weighted by Gasteiger charge is 2.25. The van der Waals surface area contributed by atoms with Gasteiger partial charge in [-0.25, -0.2) is 4.39 Å². The Kier molecular flexibility index (Phi) is 5.91. The average Bonchev–Trinajstić information content (AvgIpc) is 2.55. The first-order chi connectivity index (χ1) is 11.8. The average molecular weight is 342 g/mol. The first-order valence-corrected chi connectivity index (χ1v) is 8.23. The molecule has 0 bridgehead atoms. The first kappa shape index (κ1) is 18.6. The highest BCUT2D eigenvalue weighted by molar-refractivity contribution is 6.01. The molecule has 2 N–H and O–H groups in total. The lowest BCUT2D eigenvalue weighted by Crippen LogP contribution is -2.47. The second kappa shape index (κ2) is 7.92. The van der Waals surface area contributed by atoms with Gasteiger partial charge >= 0.3 is 0 Å². The quantitative estimate of drug-likeness (QED) is 0.867. The van der Waals surface area contributed by atoms with Gasteiger partial charge in [0.25, 0.3) is 5.91 Å². The number of hydrogen-bond donors (Lipinski definition) is 2. The molecule has 1 atom stereocenters. The maximum atomic E-state index is 13.6. The van der Waals surface area contributed by atoms with Gasteiger partial charge in [-0.3, -0.25) is 9.59 Å². The number of nitrogens with one attached hydrogen (secondary N) is 2. The lowest BCUT2D eigenvalue weighted by Gasteiger charge is -2.22. The van der Waals surface area contributed by atoms with Gasteiger partial charge < -0.3 is 10.6 Å². The standard InChI is InChI=1S/C20H23FN2O2/c1-12(2)18(23-19(24)16-8-6-5-7-13(16)3)20(25)22-15-10-9-14(4)17(21)11-15/h5-12,18H,1-4H3,(H,22,25)(H,23,24)/t18-/m1/s1. The summed E-state index contributed by atoms with van der Waals surface area (Å²) < 4.78 is 13.6. The minimum absolute atomic E-state index is 0.122. The highest BCUT2D eigenvalue weighted by atomic mass is 19.1. The van der Waals surface area contributed by atoms with Crippen LogP contribution in [0.25, 0.3) is 0 Å². The van der Waals surface area contributed by atoms with E-state index in [4.69, 9.17) is 0 Å². The summed E-state index contributed by atoms with van der Waals surface area (Å²) in [7, 11) is 0. The third kappa shape index (κ3) is 4.66. The minimum atomic E-state index is -0.725. The molecular weight excluding hydrogens is 319 g/mol. The molecule has 2 aromatic rings. The van der Waals surface area contributed by atoms with Crippen molar-refractivity contribution in [1.29, 1.82) is 0 Å². The van der Waals surface area contributed by atoms with Gasteiger partial charge in [-0.2, -0.15) is 0 Å². The summed E-state index contributed by atoms with van der Waals surface area (Å²) in [5.74, 6) is -1.19. The van der Waals surface area contributed by atoms with Gasteiger partial charge in [0, 0.05) is 11.3 Å². The van der Waals surface area contributed by atoms with Crippen molar-refractivity contribution in [3.05, 3.63) is 65.0 Å². The van der Waals surface area contributed by atoms with E-state index in [1.807, 2.05) is 32.9 Å². The van der Waals surface area contributed by atoms with Gasteiger partial charge in [0.1, 0.15) is 11.9 Å². The molecule has 0 fully saturated rings. The van der Waals surface area contributed by atoms with Crippen LogP contribution in [0.4, 0.5) is 10.1 Å². The zero-order valence-corrected chi connectivity index (χ0v) is 14.9. The van der Waals surface area contributed by atoms with E-state index >= 15 is 0 Å². The third-order valence-corrected chi connectivity index (χ3v) is 4.06. The van der Waals surface area contributed by atoms with Crippen LogP contribution in [0.5, 0.6) is 0 Å². The summed E-state index contributed by atoms with van der Waals surface area (Å²) in [4.78, 5) is 25.0. The lowest BCUT2D eigenvalue weighted by molar-refractivity contribution is -0.118. The summed E-state index contributed by atoms with van der Waals surface area (Å²) in [6.45, 7) is 7.19. The molecule has 4 nitrogen and oxygen atoms in total. The second-order valence-electron chi connectivity index (χ2n) is 6.46. The van der Waals surface area contributed by atoms with E-state index in [0.29, 0.717) is 16.8 Å². The molecule has 5 heteroatoms. The molecule has 0 aromatic heterocycles. The maximum absolute atomic E-state index is 13.6. The Balaban J connectivity index is 2.14. The number of amides is 2. The molecule has 2 aromatic carbocycles. The SMILES string of the molecule is Cc1ccc(NC(=O)[C@H](NC(=O)c2ccccc2C)C(C)C)cc1F. The van der Waals surface area contributed by atoms with Crippen LogP contribution in [0, 0.1) is 25.6 Å². The van der Waals surface area contributed by atoms with Crippen molar-refractivity contribution in [1.82, 2.24) is 5.32 Å². The van der Waals surface area contributed by atoms with Crippen LogP contribution in [0.15, 0.2) is 42.5 Å². The molecule has 0 radical (unpaired) electrons. The number of halogens is 1. The van der Waals surface area contributed by atoms with Crippen LogP contribution in [-0.4, -0.2) is 17.9 Å². The van der Waals surface area contributed by atoms with Crippen molar-refractivity contribution >= 4 is 17.5 Å². The zero-order chi connectivity index (χ0) is 18.6. The third-order valence-electron chi connectivity index (χ3n) is 4.06.